The van der Waals surface area contributed by atoms with Gasteiger partial charge in [-0.15, -0.1) is 0 Å². The van der Waals surface area contributed by atoms with Crippen LogP contribution in [0.15, 0.2) is 84.9 Å². The molecule has 24 heavy (non-hydrogen) atoms. The summed E-state index contributed by atoms with van der Waals surface area (Å²) in [7, 11) is 0. The van der Waals surface area contributed by atoms with Gasteiger partial charge in [-0.1, -0.05) is 90.5 Å². The van der Waals surface area contributed by atoms with Crippen LogP contribution in [0.25, 0.3) is 32.8 Å². The topological polar surface area (TPSA) is 12.9 Å². The van der Waals surface area contributed by atoms with Gasteiger partial charge in [0.05, 0.1) is 10.6 Å². The van der Waals surface area contributed by atoms with Gasteiger partial charge >= 0.3 is 0 Å². The van der Waals surface area contributed by atoms with Gasteiger partial charge in [0.2, 0.25) is 0 Å². The number of rotatable bonds is 3. The maximum Gasteiger partial charge on any atom is 0.0925 e. The summed E-state index contributed by atoms with van der Waals surface area (Å²) in [6, 6.07) is 29.7. The maximum atomic E-state index is 4.80. The first-order valence-electron chi connectivity index (χ1n) is 8.00. The Morgan fingerprint density at radius 2 is 1.21 bits per heavy atom. The molecule has 0 spiro atoms. The molecule has 4 aromatic rings. The van der Waals surface area contributed by atoms with Crippen LogP contribution in [0.5, 0.6) is 0 Å². The molecular weight excluding hydrogens is 310 g/mol. The van der Waals surface area contributed by atoms with Crippen LogP contribution in [0.2, 0.25) is 0 Å². The number of hydrogen-bond acceptors (Lipinski definition) is 2. The predicted octanol–water partition coefficient (Wildman–Crippen LogP) is 6.45. The lowest BCUT2D eigenvalue weighted by atomic mass is 9.96. The van der Waals surface area contributed by atoms with Gasteiger partial charge in [0, 0.05) is 11.1 Å². The zero-order valence-electron chi connectivity index (χ0n) is 13.4. The van der Waals surface area contributed by atoms with Crippen LogP contribution in [0.1, 0.15) is 5.56 Å². The molecule has 116 valence electrons. The van der Waals surface area contributed by atoms with Crippen molar-refractivity contribution in [2.45, 2.75) is 6.92 Å². The molecule has 0 unspecified atom stereocenters. The van der Waals surface area contributed by atoms with Gasteiger partial charge in [-0.05, 0) is 29.6 Å². The lowest BCUT2D eigenvalue weighted by molar-refractivity contribution is 1.46. The minimum Gasteiger partial charge on any atom is -0.191 e. The molecule has 3 aromatic carbocycles. The highest BCUT2D eigenvalue weighted by atomic mass is 32.1. The van der Waals surface area contributed by atoms with E-state index in [1.165, 1.54) is 27.1 Å². The molecule has 0 fully saturated rings. The Kier molecular flexibility index (Phi) is 3.97. The van der Waals surface area contributed by atoms with Gasteiger partial charge < -0.3 is 0 Å². The van der Waals surface area contributed by atoms with Crippen LogP contribution >= 0.6 is 11.5 Å². The van der Waals surface area contributed by atoms with Gasteiger partial charge in [-0.2, -0.15) is 4.37 Å². The molecule has 0 aliphatic carbocycles. The lowest BCUT2D eigenvalue weighted by Crippen LogP contribution is -1.85. The fourth-order valence-electron chi connectivity index (χ4n) is 2.86. The molecule has 0 saturated heterocycles. The minimum absolute atomic E-state index is 1.06. The van der Waals surface area contributed by atoms with E-state index in [0.717, 1.165) is 11.3 Å². The van der Waals surface area contributed by atoms with Gasteiger partial charge in [-0.25, -0.2) is 0 Å². The van der Waals surface area contributed by atoms with Crippen molar-refractivity contribution >= 4 is 11.5 Å². The number of nitrogens with zero attached hydrogens (tertiary/aromatic N) is 1. The van der Waals surface area contributed by atoms with Crippen LogP contribution in [0.3, 0.4) is 0 Å². The summed E-state index contributed by atoms with van der Waals surface area (Å²) in [5.41, 5.74) is 7.14. The molecule has 0 amide bonds. The van der Waals surface area contributed by atoms with Gasteiger partial charge in [-0.3, -0.25) is 0 Å². The molecule has 1 aromatic heterocycles. The highest BCUT2D eigenvalue weighted by Gasteiger charge is 2.18. The SMILES string of the molecule is Cc1ccc(-c2c(-c3ccccc3)nsc2-c2ccccc2)cc1. The van der Waals surface area contributed by atoms with Crippen LogP contribution < -0.4 is 0 Å². The first-order chi connectivity index (χ1) is 11.8. The highest BCUT2D eigenvalue weighted by Crippen LogP contribution is 2.42. The van der Waals surface area contributed by atoms with Crippen molar-refractivity contribution in [2.75, 3.05) is 0 Å². The smallest absolute Gasteiger partial charge is 0.0925 e. The third-order valence-electron chi connectivity index (χ3n) is 4.12. The van der Waals surface area contributed by atoms with E-state index in [4.69, 9.17) is 4.37 Å². The second-order valence-electron chi connectivity index (χ2n) is 5.83. The van der Waals surface area contributed by atoms with E-state index in [9.17, 15) is 0 Å². The number of benzene rings is 3. The first-order valence-corrected chi connectivity index (χ1v) is 8.78. The van der Waals surface area contributed by atoms with Crippen LogP contribution in [-0.4, -0.2) is 4.37 Å². The van der Waals surface area contributed by atoms with E-state index >= 15 is 0 Å². The molecule has 0 N–H and O–H groups in total. The number of hydrogen-bond donors (Lipinski definition) is 0. The average Bonchev–Trinajstić information content (AvgIpc) is 3.09. The second-order valence-corrected chi connectivity index (χ2v) is 6.61. The summed E-state index contributed by atoms with van der Waals surface area (Å²) in [4.78, 5) is 1.22. The van der Waals surface area contributed by atoms with E-state index in [0.29, 0.717) is 0 Å². The monoisotopic (exact) mass is 327 g/mol. The zero-order chi connectivity index (χ0) is 16.4. The number of aromatic nitrogens is 1. The van der Waals surface area contributed by atoms with Crippen molar-refractivity contribution in [3.8, 4) is 32.8 Å². The predicted molar refractivity (Wildman–Crippen MR) is 103 cm³/mol. The summed E-state index contributed by atoms with van der Waals surface area (Å²) < 4.78 is 4.80. The third kappa shape index (κ3) is 2.77. The van der Waals surface area contributed by atoms with E-state index in [1.54, 1.807) is 11.5 Å². The lowest BCUT2D eigenvalue weighted by Gasteiger charge is -2.08. The van der Waals surface area contributed by atoms with Crippen LogP contribution in [-0.2, 0) is 0 Å². The molecule has 0 radical (unpaired) electrons. The van der Waals surface area contributed by atoms with E-state index in [2.05, 4.69) is 79.7 Å². The Morgan fingerprint density at radius 3 is 1.83 bits per heavy atom. The van der Waals surface area contributed by atoms with E-state index < -0.39 is 0 Å². The molecular formula is C22H17NS. The molecule has 4 rings (SSSR count). The van der Waals surface area contributed by atoms with Crippen molar-refractivity contribution in [1.82, 2.24) is 4.37 Å². The molecule has 0 aliphatic rings. The summed E-state index contributed by atoms with van der Waals surface area (Å²) in [5, 5.41) is 0. The summed E-state index contributed by atoms with van der Waals surface area (Å²) in [5.74, 6) is 0. The quantitative estimate of drug-likeness (QED) is 0.421. The van der Waals surface area contributed by atoms with Crippen molar-refractivity contribution in [3.63, 3.8) is 0 Å². The van der Waals surface area contributed by atoms with Gasteiger partial charge in [0.25, 0.3) is 0 Å². The Bertz CT molecular complexity index is 881. The largest absolute Gasteiger partial charge is 0.191 e. The Labute approximate surface area is 146 Å². The fraction of sp³-hybridized carbons (Fsp3) is 0.0455. The first kappa shape index (κ1) is 14.9. The molecule has 1 heterocycles. The summed E-state index contributed by atoms with van der Waals surface area (Å²) in [6.07, 6.45) is 0. The fourth-order valence-corrected chi connectivity index (χ4v) is 3.78. The standard InChI is InChI=1S/C22H17NS/c1-16-12-14-17(15-13-16)20-21(18-8-4-2-5-9-18)23-24-22(20)19-10-6-3-7-11-19/h2-15H,1H3. The average molecular weight is 327 g/mol. The molecule has 2 heteroatoms. The van der Waals surface area contributed by atoms with Gasteiger partial charge in [0.1, 0.15) is 0 Å². The van der Waals surface area contributed by atoms with Crippen LogP contribution in [0, 0.1) is 6.92 Å². The normalized spacial score (nSPS) is 10.7. The molecule has 0 atom stereocenters. The molecule has 0 saturated carbocycles. The van der Waals surface area contributed by atoms with Crippen LogP contribution in [0.4, 0.5) is 0 Å². The molecule has 0 aliphatic heterocycles. The Morgan fingerprint density at radius 1 is 0.625 bits per heavy atom. The van der Waals surface area contributed by atoms with E-state index in [1.807, 2.05) is 12.1 Å². The van der Waals surface area contributed by atoms with Crippen molar-refractivity contribution in [3.05, 3.63) is 90.5 Å². The highest BCUT2D eigenvalue weighted by molar-refractivity contribution is 7.10. The van der Waals surface area contributed by atoms with E-state index in [-0.39, 0.29) is 0 Å². The zero-order valence-corrected chi connectivity index (χ0v) is 14.3. The maximum absolute atomic E-state index is 4.80. The summed E-state index contributed by atoms with van der Waals surface area (Å²) in [6.45, 7) is 2.12. The summed E-state index contributed by atoms with van der Waals surface area (Å²) >= 11 is 1.57. The molecule has 0 bridgehead atoms. The van der Waals surface area contributed by atoms with Crippen molar-refractivity contribution < 1.29 is 0 Å². The third-order valence-corrected chi connectivity index (χ3v) is 5.01. The van der Waals surface area contributed by atoms with Gasteiger partial charge in [0.15, 0.2) is 0 Å². The second kappa shape index (κ2) is 6.42. The Hall–Kier alpha value is -2.71. The van der Waals surface area contributed by atoms with Crippen molar-refractivity contribution in [2.24, 2.45) is 0 Å². The Balaban J connectivity index is 1.96. The number of aryl methyl sites for hydroxylation is 1. The minimum atomic E-state index is 1.06. The molecule has 1 nitrogen and oxygen atoms in total. The van der Waals surface area contributed by atoms with Crippen molar-refractivity contribution in [1.29, 1.82) is 0 Å².